The van der Waals surface area contributed by atoms with Gasteiger partial charge in [-0.3, -0.25) is 9.67 Å². The summed E-state index contributed by atoms with van der Waals surface area (Å²) in [5.41, 5.74) is 0. The highest BCUT2D eigenvalue weighted by Crippen LogP contribution is 1.93. The van der Waals surface area contributed by atoms with Gasteiger partial charge in [0.2, 0.25) is 0 Å². The summed E-state index contributed by atoms with van der Waals surface area (Å²) in [7, 11) is 9.80. The Morgan fingerprint density at radius 2 is 1.88 bits per heavy atom. The normalized spacial score (nSPS) is 9.47. The van der Waals surface area contributed by atoms with E-state index < -0.39 is 0 Å². The van der Waals surface area contributed by atoms with E-state index in [4.69, 9.17) is 0 Å². The number of halogens is 1. The van der Waals surface area contributed by atoms with E-state index in [9.17, 15) is 0 Å². The lowest BCUT2D eigenvalue weighted by atomic mass is 10.4. The van der Waals surface area contributed by atoms with Gasteiger partial charge in [0.05, 0.1) is 0 Å². The molecule has 1 aromatic heterocycles. The molecule has 0 aliphatic carbocycles. The van der Waals surface area contributed by atoms with Crippen LogP contribution in [0.5, 0.6) is 0 Å². The molecule has 0 unspecified atom stereocenters. The molecule has 0 saturated carbocycles. The largest absolute Gasteiger partial charge is 0.349 e. The molecule has 1 aromatic rings. The van der Waals surface area contributed by atoms with Crippen LogP contribution in [-0.2, 0) is 13.5 Å². The van der Waals surface area contributed by atoms with Gasteiger partial charge in [-0.05, 0) is 0 Å². The molecule has 98 valence electrons. The third-order valence-electron chi connectivity index (χ3n) is 2.04. The van der Waals surface area contributed by atoms with Crippen molar-refractivity contribution in [3.63, 3.8) is 0 Å². The molecule has 7 heteroatoms. The number of rotatable bonds is 3. The molecular formula is C10H21IN6. The first-order chi connectivity index (χ1) is 7.50. The van der Waals surface area contributed by atoms with Crippen molar-refractivity contribution in [2.75, 3.05) is 34.7 Å². The van der Waals surface area contributed by atoms with E-state index in [-0.39, 0.29) is 24.0 Å². The third-order valence-corrected chi connectivity index (χ3v) is 2.04. The molecule has 17 heavy (non-hydrogen) atoms. The predicted octanol–water partition coefficient (Wildman–Crippen LogP) is 0.455. The quantitative estimate of drug-likeness (QED) is 0.451. The van der Waals surface area contributed by atoms with Gasteiger partial charge in [0.25, 0.3) is 0 Å². The molecule has 0 aliphatic rings. The number of nitrogens with zero attached hydrogens (tertiary/aromatic N) is 6. The summed E-state index contributed by atoms with van der Waals surface area (Å²) in [5.74, 6) is 1.79. The zero-order valence-electron chi connectivity index (χ0n) is 11.1. The van der Waals surface area contributed by atoms with E-state index >= 15 is 0 Å². The zero-order chi connectivity index (χ0) is 12.1. The molecule has 0 aliphatic heterocycles. The Kier molecular flexibility index (Phi) is 7.09. The highest BCUT2D eigenvalue weighted by molar-refractivity contribution is 14.0. The van der Waals surface area contributed by atoms with Crippen LogP contribution >= 0.6 is 24.0 Å². The van der Waals surface area contributed by atoms with E-state index in [2.05, 4.69) is 15.1 Å². The molecule has 0 N–H and O–H groups in total. The minimum Gasteiger partial charge on any atom is -0.349 e. The SMILES string of the molecule is CN(C)C(=NCCc1ncn(C)n1)N(C)C.I. The molecule has 0 atom stereocenters. The Morgan fingerprint density at radius 1 is 1.29 bits per heavy atom. The van der Waals surface area contributed by atoms with Gasteiger partial charge in [-0.1, -0.05) is 0 Å². The van der Waals surface area contributed by atoms with Crippen molar-refractivity contribution in [1.82, 2.24) is 24.6 Å². The number of aromatic nitrogens is 3. The van der Waals surface area contributed by atoms with Crippen LogP contribution in [0.2, 0.25) is 0 Å². The van der Waals surface area contributed by atoms with Crippen LogP contribution < -0.4 is 0 Å². The Balaban J connectivity index is 0.00000256. The number of aliphatic imine (C=N–C) groups is 1. The number of guanidine groups is 1. The number of hydrogen-bond acceptors (Lipinski definition) is 3. The maximum atomic E-state index is 4.51. The molecule has 0 radical (unpaired) electrons. The second-order valence-corrected chi connectivity index (χ2v) is 4.06. The molecule has 1 rings (SSSR count). The average Bonchev–Trinajstić information content (AvgIpc) is 2.57. The fraction of sp³-hybridized carbons (Fsp3) is 0.700. The maximum absolute atomic E-state index is 4.51. The van der Waals surface area contributed by atoms with Crippen molar-refractivity contribution in [3.05, 3.63) is 12.2 Å². The first-order valence-corrected chi connectivity index (χ1v) is 5.24. The molecule has 1 heterocycles. The summed E-state index contributed by atoms with van der Waals surface area (Å²) in [6.07, 6.45) is 2.48. The molecule has 0 spiro atoms. The van der Waals surface area contributed by atoms with Gasteiger partial charge in [-0.2, -0.15) is 5.10 Å². The molecular weight excluding hydrogens is 331 g/mol. The molecule has 6 nitrogen and oxygen atoms in total. The van der Waals surface area contributed by atoms with Gasteiger partial charge in [-0.25, -0.2) is 4.98 Å². The summed E-state index contributed by atoms with van der Waals surface area (Å²) < 4.78 is 1.71. The van der Waals surface area contributed by atoms with Crippen molar-refractivity contribution in [2.45, 2.75) is 6.42 Å². The van der Waals surface area contributed by atoms with Gasteiger partial charge < -0.3 is 9.80 Å². The van der Waals surface area contributed by atoms with Crippen LogP contribution in [0.15, 0.2) is 11.3 Å². The lowest BCUT2D eigenvalue weighted by Crippen LogP contribution is -2.35. The van der Waals surface area contributed by atoms with Crippen molar-refractivity contribution in [1.29, 1.82) is 0 Å². The van der Waals surface area contributed by atoms with Crippen molar-refractivity contribution < 1.29 is 0 Å². The molecule has 0 saturated heterocycles. The van der Waals surface area contributed by atoms with Crippen LogP contribution in [0.4, 0.5) is 0 Å². The standard InChI is InChI=1S/C10H20N6.HI/c1-14(2)10(15(3)4)11-7-6-9-12-8-16(5)13-9;/h8H,6-7H2,1-5H3;1H. The van der Waals surface area contributed by atoms with Gasteiger partial charge in [0.15, 0.2) is 11.8 Å². The fourth-order valence-corrected chi connectivity index (χ4v) is 1.44. The highest BCUT2D eigenvalue weighted by Gasteiger charge is 2.04. The van der Waals surface area contributed by atoms with E-state index in [1.165, 1.54) is 0 Å². The number of hydrogen-bond donors (Lipinski definition) is 0. The van der Waals surface area contributed by atoms with E-state index in [0.29, 0.717) is 6.54 Å². The Bertz CT molecular complexity index is 347. The van der Waals surface area contributed by atoms with Crippen LogP contribution in [0, 0.1) is 0 Å². The number of aryl methyl sites for hydroxylation is 1. The van der Waals surface area contributed by atoms with Crippen LogP contribution in [-0.4, -0.2) is 65.3 Å². The smallest absolute Gasteiger partial charge is 0.195 e. The summed E-state index contributed by atoms with van der Waals surface area (Å²) >= 11 is 0. The van der Waals surface area contributed by atoms with Gasteiger partial charge in [0, 0.05) is 48.2 Å². The minimum atomic E-state index is 0. The minimum absolute atomic E-state index is 0. The Labute approximate surface area is 120 Å². The van der Waals surface area contributed by atoms with Gasteiger partial charge >= 0.3 is 0 Å². The van der Waals surface area contributed by atoms with Gasteiger partial charge in [-0.15, -0.1) is 24.0 Å². The second kappa shape index (κ2) is 7.46. The lowest BCUT2D eigenvalue weighted by Gasteiger charge is -2.22. The summed E-state index contributed by atoms with van der Waals surface area (Å²) in [6.45, 7) is 0.704. The monoisotopic (exact) mass is 352 g/mol. The maximum Gasteiger partial charge on any atom is 0.195 e. The Hall–Kier alpha value is -0.860. The van der Waals surface area contributed by atoms with E-state index in [0.717, 1.165) is 18.2 Å². The van der Waals surface area contributed by atoms with E-state index in [1.807, 2.05) is 45.0 Å². The molecule has 0 fully saturated rings. The predicted molar refractivity (Wildman–Crippen MR) is 79.8 cm³/mol. The first kappa shape index (κ1) is 16.1. The summed E-state index contributed by atoms with van der Waals surface area (Å²) in [5, 5.41) is 4.21. The van der Waals surface area contributed by atoms with Crippen LogP contribution in [0.3, 0.4) is 0 Å². The second-order valence-electron chi connectivity index (χ2n) is 4.06. The molecule has 0 bridgehead atoms. The summed E-state index contributed by atoms with van der Waals surface area (Å²) in [4.78, 5) is 12.6. The van der Waals surface area contributed by atoms with Crippen LogP contribution in [0.25, 0.3) is 0 Å². The van der Waals surface area contributed by atoms with Gasteiger partial charge in [0.1, 0.15) is 6.33 Å². The van der Waals surface area contributed by atoms with Crippen molar-refractivity contribution >= 4 is 29.9 Å². The first-order valence-electron chi connectivity index (χ1n) is 5.24. The van der Waals surface area contributed by atoms with Crippen molar-refractivity contribution in [2.24, 2.45) is 12.0 Å². The Morgan fingerprint density at radius 3 is 2.29 bits per heavy atom. The van der Waals surface area contributed by atoms with E-state index in [1.54, 1.807) is 11.0 Å². The summed E-state index contributed by atoms with van der Waals surface area (Å²) in [6, 6.07) is 0. The lowest BCUT2D eigenvalue weighted by molar-refractivity contribution is 0.479. The van der Waals surface area contributed by atoms with Crippen LogP contribution in [0.1, 0.15) is 5.82 Å². The highest BCUT2D eigenvalue weighted by atomic mass is 127. The third kappa shape index (κ3) is 5.33. The van der Waals surface area contributed by atoms with Crippen molar-refractivity contribution in [3.8, 4) is 0 Å². The fourth-order valence-electron chi connectivity index (χ4n) is 1.44. The average molecular weight is 352 g/mol. The topological polar surface area (TPSA) is 49.6 Å². The molecule has 0 amide bonds. The molecule has 0 aromatic carbocycles. The zero-order valence-corrected chi connectivity index (χ0v) is 13.4.